The molecule has 0 radical (unpaired) electrons. The molecule has 0 saturated carbocycles. The lowest BCUT2D eigenvalue weighted by Gasteiger charge is -2.32. The van der Waals surface area contributed by atoms with Gasteiger partial charge in [-0.2, -0.15) is 18.2 Å². The summed E-state index contributed by atoms with van der Waals surface area (Å²) < 4.78 is 43.7. The molecule has 1 saturated heterocycles. The number of carbonyl (C=O) groups is 1. The lowest BCUT2D eigenvalue weighted by molar-refractivity contribution is -0.141. The van der Waals surface area contributed by atoms with Gasteiger partial charge in [-0.05, 0) is 32.8 Å². The molecule has 6 nitrogen and oxygen atoms in total. The lowest BCUT2D eigenvalue weighted by atomic mass is 10.1. The van der Waals surface area contributed by atoms with Gasteiger partial charge in [-0.15, -0.1) is 11.3 Å². The number of thiazole rings is 1. The molecule has 2 aromatic rings. The van der Waals surface area contributed by atoms with E-state index < -0.39 is 18.0 Å². The van der Waals surface area contributed by atoms with Crippen LogP contribution in [0.15, 0.2) is 12.3 Å². The second-order valence-electron chi connectivity index (χ2n) is 6.00. The van der Waals surface area contributed by atoms with E-state index in [-0.39, 0.29) is 18.5 Å². The van der Waals surface area contributed by atoms with E-state index in [4.69, 9.17) is 4.74 Å². The minimum atomic E-state index is -4.56. The first-order chi connectivity index (χ1) is 12.2. The molecule has 140 valence electrons. The number of ether oxygens (including phenoxy) is 1. The minimum absolute atomic E-state index is 0.133. The van der Waals surface area contributed by atoms with E-state index >= 15 is 0 Å². The van der Waals surface area contributed by atoms with Gasteiger partial charge < -0.3 is 9.64 Å². The van der Waals surface area contributed by atoms with E-state index in [1.165, 1.54) is 11.3 Å². The minimum Gasteiger partial charge on any atom is -0.458 e. The fraction of sp³-hybridized carbons (Fsp3) is 0.500. The summed E-state index contributed by atoms with van der Waals surface area (Å²) >= 11 is 1.33. The van der Waals surface area contributed by atoms with Gasteiger partial charge in [-0.1, -0.05) is 0 Å². The van der Waals surface area contributed by atoms with Crippen LogP contribution in [-0.2, 0) is 6.18 Å². The van der Waals surface area contributed by atoms with Crippen molar-refractivity contribution in [1.82, 2.24) is 19.9 Å². The molecule has 1 fully saturated rings. The topological polar surface area (TPSA) is 68.2 Å². The van der Waals surface area contributed by atoms with E-state index in [0.29, 0.717) is 30.0 Å². The van der Waals surface area contributed by atoms with Gasteiger partial charge >= 0.3 is 12.2 Å². The molecule has 3 rings (SSSR count). The van der Waals surface area contributed by atoms with Crippen LogP contribution in [0, 0.1) is 13.8 Å². The van der Waals surface area contributed by atoms with Crippen LogP contribution in [0.3, 0.4) is 0 Å². The van der Waals surface area contributed by atoms with Crippen molar-refractivity contribution in [3.63, 3.8) is 0 Å². The maximum atomic E-state index is 12.7. The number of likely N-dealkylation sites (tertiary alicyclic amines) is 1. The first-order valence-electron chi connectivity index (χ1n) is 8.04. The molecule has 3 heterocycles. The van der Waals surface area contributed by atoms with E-state index in [1.807, 2.05) is 6.92 Å². The summed E-state index contributed by atoms with van der Waals surface area (Å²) in [6.45, 7) is 4.46. The number of piperidine rings is 1. The second-order valence-corrected chi connectivity index (χ2v) is 7.21. The number of rotatable bonds is 3. The number of nitrogens with zero attached hydrogens (tertiary/aromatic N) is 4. The molecule has 0 spiro atoms. The maximum absolute atomic E-state index is 12.7. The van der Waals surface area contributed by atoms with Crippen molar-refractivity contribution in [2.75, 3.05) is 13.1 Å². The van der Waals surface area contributed by atoms with Gasteiger partial charge in [0.2, 0.25) is 0 Å². The second kappa shape index (κ2) is 7.18. The zero-order valence-corrected chi connectivity index (χ0v) is 15.0. The van der Waals surface area contributed by atoms with Crippen molar-refractivity contribution in [1.29, 1.82) is 0 Å². The third-order valence-electron chi connectivity index (χ3n) is 3.96. The average Bonchev–Trinajstić information content (AvgIpc) is 2.92. The lowest BCUT2D eigenvalue weighted by Crippen LogP contribution is -2.44. The standard InChI is InChI=1S/C16H17F3N4O2S/c1-9-13(26-10(2)21-9)14(24)23-7-3-4-11(8-23)25-15-20-6-5-12(22-15)16(17,18)19/h5-6,11H,3-4,7-8H2,1-2H3. The Bertz CT molecular complexity index is 809. The highest BCUT2D eigenvalue weighted by atomic mass is 32.1. The summed E-state index contributed by atoms with van der Waals surface area (Å²) in [5.74, 6) is -0.133. The van der Waals surface area contributed by atoms with Gasteiger partial charge in [0, 0.05) is 12.7 Å². The number of aryl methyl sites for hydroxylation is 2. The summed E-state index contributed by atoms with van der Waals surface area (Å²) in [6, 6.07) is 0.460. The molecule has 26 heavy (non-hydrogen) atoms. The highest BCUT2D eigenvalue weighted by molar-refractivity contribution is 7.13. The number of alkyl halides is 3. The number of hydrogen-bond acceptors (Lipinski definition) is 6. The fourth-order valence-corrected chi connectivity index (χ4v) is 3.68. The van der Waals surface area contributed by atoms with Gasteiger partial charge in [-0.3, -0.25) is 4.79 Å². The molecule has 1 aliphatic heterocycles. The summed E-state index contributed by atoms with van der Waals surface area (Å²) in [5, 5.41) is 0.813. The van der Waals surface area contributed by atoms with Crippen LogP contribution in [0.5, 0.6) is 6.01 Å². The molecule has 0 aliphatic carbocycles. The van der Waals surface area contributed by atoms with Crippen molar-refractivity contribution in [2.45, 2.75) is 39.0 Å². The number of aromatic nitrogens is 3. The normalized spacial score (nSPS) is 18.0. The molecular formula is C16H17F3N4O2S. The van der Waals surface area contributed by atoms with Crippen molar-refractivity contribution < 1.29 is 22.7 Å². The molecule has 0 aromatic carbocycles. The number of hydrogen-bond donors (Lipinski definition) is 0. The summed E-state index contributed by atoms with van der Waals surface area (Å²) in [5.41, 5.74) is -0.372. The third-order valence-corrected chi connectivity index (χ3v) is 5.02. The first-order valence-corrected chi connectivity index (χ1v) is 8.86. The molecule has 1 unspecified atom stereocenters. The van der Waals surface area contributed by atoms with Gasteiger partial charge in [0.1, 0.15) is 11.0 Å². The average molecular weight is 386 g/mol. The Morgan fingerprint density at radius 1 is 1.35 bits per heavy atom. The van der Waals surface area contributed by atoms with E-state index in [9.17, 15) is 18.0 Å². The Labute approximate surface area is 152 Å². The zero-order valence-electron chi connectivity index (χ0n) is 14.2. The van der Waals surface area contributed by atoms with Gasteiger partial charge in [0.15, 0.2) is 5.69 Å². The van der Waals surface area contributed by atoms with E-state index in [1.54, 1.807) is 11.8 Å². The van der Waals surface area contributed by atoms with Crippen LogP contribution >= 0.6 is 11.3 Å². The zero-order chi connectivity index (χ0) is 18.9. The van der Waals surface area contributed by atoms with Crippen LogP contribution in [-0.4, -0.2) is 45.0 Å². The Balaban J connectivity index is 1.69. The predicted molar refractivity (Wildman–Crippen MR) is 88.2 cm³/mol. The van der Waals surface area contributed by atoms with Crippen molar-refractivity contribution in [2.24, 2.45) is 0 Å². The monoisotopic (exact) mass is 386 g/mol. The molecule has 10 heteroatoms. The highest BCUT2D eigenvalue weighted by Crippen LogP contribution is 2.28. The Morgan fingerprint density at radius 2 is 2.12 bits per heavy atom. The highest BCUT2D eigenvalue weighted by Gasteiger charge is 2.34. The molecule has 2 aromatic heterocycles. The SMILES string of the molecule is Cc1nc(C)c(C(=O)N2CCCC(Oc3nccc(C(F)(F)F)n3)C2)s1. The summed E-state index contributed by atoms with van der Waals surface area (Å²) in [7, 11) is 0. The fourth-order valence-electron chi connectivity index (χ4n) is 2.80. The first kappa shape index (κ1) is 18.6. The number of amides is 1. The van der Waals surface area contributed by atoms with Crippen molar-refractivity contribution in [3.05, 3.63) is 33.5 Å². The molecule has 1 amide bonds. The molecule has 1 atom stereocenters. The Hall–Kier alpha value is -2.23. The van der Waals surface area contributed by atoms with Crippen molar-refractivity contribution >= 4 is 17.2 Å². The third kappa shape index (κ3) is 4.12. The molecule has 0 N–H and O–H groups in total. The summed E-state index contributed by atoms with van der Waals surface area (Å²) in [6.07, 6.45) is -2.70. The van der Waals surface area contributed by atoms with Crippen LogP contribution in [0.1, 0.15) is 38.9 Å². The van der Waals surface area contributed by atoms with Crippen LogP contribution in [0.4, 0.5) is 13.2 Å². The van der Waals surface area contributed by atoms with Crippen LogP contribution < -0.4 is 4.74 Å². The van der Waals surface area contributed by atoms with E-state index in [2.05, 4.69) is 15.0 Å². The number of halogens is 3. The predicted octanol–water partition coefficient (Wildman–Crippen LogP) is 3.25. The molecule has 0 bridgehead atoms. The van der Waals surface area contributed by atoms with Gasteiger partial charge in [0.25, 0.3) is 5.91 Å². The van der Waals surface area contributed by atoms with Crippen LogP contribution in [0.2, 0.25) is 0 Å². The van der Waals surface area contributed by atoms with Crippen molar-refractivity contribution in [3.8, 4) is 6.01 Å². The van der Waals surface area contributed by atoms with Crippen LogP contribution in [0.25, 0.3) is 0 Å². The molecular weight excluding hydrogens is 369 g/mol. The molecule has 1 aliphatic rings. The largest absolute Gasteiger partial charge is 0.458 e. The Morgan fingerprint density at radius 3 is 2.77 bits per heavy atom. The number of carbonyl (C=O) groups excluding carboxylic acids is 1. The van der Waals surface area contributed by atoms with Gasteiger partial charge in [-0.25, -0.2) is 9.97 Å². The maximum Gasteiger partial charge on any atom is 0.433 e. The Kier molecular flexibility index (Phi) is 5.12. The van der Waals surface area contributed by atoms with Gasteiger partial charge in [0.05, 0.1) is 17.2 Å². The van der Waals surface area contributed by atoms with E-state index in [0.717, 1.165) is 17.3 Å². The quantitative estimate of drug-likeness (QED) is 0.810. The summed E-state index contributed by atoms with van der Waals surface area (Å²) in [4.78, 5) is 26.3. The smallest absolute Gasteiger partial charge is 0.433 e.